The van der Waals surface area contributed by atoms with Crippen LogP contribution in [0.4, 0.5) is 0 Å². The normalized spacial score (nSPS) is 17.1. The Morgan fingerprint density at radius 2 is 1.96 bits per heavy atom. The molecule has 1 aromatic carbocycles. The number of unbranched alkanes of at least 4 members (excludes halogenated alkanes) is 2. The van der Waals surface area contributed by atoms with Gasteiger partial charge < -0.3 is 5.32 Å². The summed E-state index contributed by atoms with van der Waals surface area (Å²) < 4.78 is 26.3. The highest BCUT2D eigenvalue weighted by Gasteiger charge is 2.29. The third kappa shape index (κ3) is 4.79. The van der Waals surface area contributed by atoms with E-state index < -0.39 is 10.0 Å². The monoisotopic (exact) mass is 337 g/mol. The number of nitrogens with zero attached hydrogens (tertiary/aromatic N) is 1. The van der Waals surface area contributed by atoms with Crippen LogP contribution in [0.25, 0.3) is 0 Å². The molecule has 1 aliphatic rings. The van der Waals surface area contributed by atoms with Crippen LogP contribution in [0.15, 0.2) is 34.2 Å². The van der Waals surface area contributed by atoms with Gasteiger partial charge in [0.15, 0.2) is 0 Å². The van der Waals surface area contributed by atoms with Crippen molar-refractivity contribution in [3.05, 3.63) is 29.8 Å². The summed E-state index contributed by atoms with van der Waals surface area (Å²) in [6, 6.07) is 6.99. The van der Waals surface area contributed by atoms with E-state index in [1.165, 1.54) is 0 Å². The minimum Gasteiger partial charge on any atom is -0.354 e. The van der Waals surface area contributed by atoms with E-state index in [2.05, 4.69) is 15.0 Å². The standard InChI is InChI=1S/C16H23N3O3S/c1-12(2)18-15(20)10-4-3-7-11-17-16-13-8-5-6-9-14(13)23(21,22)19-16/h5-6,8-9,12H,3-4,7,10-11H2,1-2H3,(H,17,19)(H,18,20). The topological polar surface area (TPSA) is 87.6 Å². The number of hydrogen-bond donors (Lipinski definition) is 2. The van der Waals surface area contributed by atoms with Crippen molar-refractivity contribution < 1.29 is 13.2 Å². The number of sulfonamides is 1. The number of nitrogens with one attached hydrogen (secondary N) is 2. The van der Waals surface area contributed by atoms with Crippen molar-refractivity contribution in [1.29, 1.82) is 0 Å². The Hall–Kier alpha value is -1.89. The van der Waals surface area contributed by atoms with Gasteiger partial charge in [-0.3, -0.25) is 14.5 Å². The van der Waals surface area contributed by atoms with Gasteiger partial charge >= 0.3 is 0 Å². The quantitative estimate of drug-likeness (QED) is 0.744. The van der Waals surface area contributed by atoms with Crippen molar-refractivity contribution in [3.8, 4) is 0 Å². The molecule has 1 amide bonds. The average Bonchev–Trinajstić information content (AvgIpc) is 2.74. The molecule has 0 spiro atoms. The zero-order valence-electron chi connectivity index (χ0n) is 13.5. The van der Waals surface area contributed by atoms with Crippen molar-refractivity contribution in [2.24, 2.45) is 4.99 Å². The number of carbonyl (C=O) groups excluding carboxylic acids is 1. The van der Waals surface area contributed by atoms with Gasteiger partial charge in [-0.25, -0.2) is 8.42 Å². The van der Waals surface area contributed by atoms with Crippen molar-refractivity contribution in [2.75, 3.05) is 6.54 Å². The fraction of sp³-hybridized carbons (Fsp3) is 0.500. The molecule has 126 valence electrons. The molecular weight excluding hydrogens is 314 g/mol. The Morgan fingerprint density at radius 3 is 2.70 bits per heavy atom. The van der Waals surface area contributed by atoms with Crippen LogP contribution >= 0.6 is 0 Å². The van der Waals surface area contributed by atoms with Crippen LogP contribution in [0, 0.1) is 0 Å². The van der Waals surface area contributed by atoms with Crippen molar-refractivity contribution >= 4 is 21.8 Å². The van der Waals surface area contributed by atoms with E-state index in [0.717, 1.165) is 19.3 Å². The van der Waals surface area contributed by atoms with Crippen molar-refractivity contribution in [2.45, 2.75) is 50.5 Å². The molecule has 0 unspecified atom stereocenters. The second-order valence-corrected chi connectivity index (χ2v) is 7.52. The molecule has 2 N–H and O–H groups in total. The highest BCUT2D eigenvalue weighted by molar-refractivity contribution is 7.90. The molecule has 2 rings (SSSR count). The van der Waals surface area contributed by atoms with Gasteiger partial charge in [0.1, 0.15) is 5.84 Å². The van der Waals surface area contributed by atoms with Crippen molar-refractivity contribution in [1.82, 2.24) is 10.0 Å². The molecule has 0 fully saturated rings. The molecule has 0 saturated carbocycles. The van der Waals surface area contributed by atoms with Crippen molar-refractivity contribution in [3.63, 3.8) is 0 Å². The number of rotatable bonds is 7. The lowest BCUT2D eigenvalue weighted by Crippen LogP contribution is -2.29. The summed E-state index contributed by atoms with van der Waals surface area (Å²) in [5, 5.41) is 2.86. The van der Waals surface area contributed by atoms with Crippen LogP contribution in [0.3, 0.4) is 0 Å². The molecule has 1 heterocycles. The summed E-state index contributed by atoms with van der Waals surface area (Å²) in [6.07, 6.45) is 3.04. The van der Waals surface area contributed by atoms with Crippen LogP contribution in [0.2, 0.25) is 0 Å². The van der Waals surface area contributed by atoms with Gasteiger partial charge in [0.25, 0.3) is 10.0 Å². The number of fused-ring (bicyclic) bond motifs is 1. The third-order valence-electron chi connectivity index (χ3n) is 3.44. The zero-order chi connectivity index (χ0) is 16.9. The van der Waals surface area contributed by atoms with Gasteiger partial charge in [0.05, 0.1) is 4.90 Å². The maximum atomic E-state index is 11.9. The lowest BCUT2D eigenvalue weighted by Gasteiger charge is -2.07. The zero-order valence-corrected chi connectivity index (χ0v) is 14.3. The van der Waals surface area contributed by atoms with Gasteiger partial charge in [0.2, 0.25) is 5.91 Å². The maximum Gasteiger partial charge on any atom is 0.263 e. The van der Waals surface area contributed by atoms with Crippen LogP contribution in [0.1, 0.15) is 45.1 Å². The number of amides is 1. The Balaban J connectivity index is 1.79. The first-order chi connectivity index (χ1) is 10.9. The van der Waals surface area contributed by atoms with E-state index in [-0.39, 0.29) is 16.8 Å². The Labute approximate surface area is 137 Å². The third-order valence-corrected chi connectivity index (χ3v) is 4.84. The lowest BCUT2D eigenvalue weighted by molar-refractivity contribution is -0.121. The highest BCUT2D eigenvalue weighted by atomic mass is 32.2. The molecule has 7 heteroatoms. The fourth-order valence-electron chi connectivity index (χ4n) is 2.41. The average molecular weight is 337 g/mol. The first-order valence-electron chi connectivity index (χ1n) is 7.86. The van der Waals surface area contributed by atoms with Gasteiger partial charge in [-0.05, 0) is 38.8 Å². The predicted octanol–water partition coefficient (Wildman–Crippen LogP) is 1.81. The summed E-state index contributed by atoms with van der Waals surface area (Å²) in [4.78, 5) is 16.1. The predicted molar refractivity (Wildman–Crippen MR) is 89.9 cm³/mol. The molecular formula is C16H23N3O3S. The molecule has 6 nitrogen and oxygen atoms in total. The van der Waals surface area contributed by atoms with E-state index in [1.54, 1.807) is 24.3 Å². The number of amidine groups is 1. The van der Waals surface area contributed by atoms with Crippen LogP contribution < -0.4 is 10.0 Å². The molecule has 0 bridgehead atoms. The summed E-state index contributed by atoms with van der Waals surface area (Å²) >= 11 is 0. The Morgan fingerprint density at radius 1 is 1.22 bits per heavy atom. The molecule has 0 atom stereocenters. The fourth-order valence-corrected chi connectivity index (χ4v) is 3.66. The largest absolute Gasteiger partial charge is 0.354 e. The van der Waals surface area contributed by atoms with Crippen LogP contribution in [0.5, 0.6) is 0 Å². The summed E-state index contributed by atoms with van der Waals surface area (Å²) in [5.41, 5.74) is 0.629. The molecule has 0 radical (unpaired) electrons. The molecule has 0 aliphatic carbocycles. The molecule has 23 heavy (non-hydrogen) atoms. The molecule has 0 aromatic heterocycles. The van der Waals surface area contributed by atoms with E-state index in [9.17, 15) is 13.2 Å². The van der Waals surface area contributed by atoms with Crippen LogP contribution in [-0.2, 0) is 14.8 Å². The number of aliphatic imine (C=N–C) groups is 1. The van der Waals surface area contributed by atoms with E-state index >= 15 is 0 Å². The summed E-state index contributed by atoms with van der Waals surface area (Å²) in [5.74, 6) is 0.488. The number of carbonyl (C=O) groups is 1. The summed E-state index contributed by atoms with van der Waals surface area (Å²) in [6.45, 7) is 4.42. The number of hydrogen-bond acceptors (Lipinski definition) is 4. The highest BCUT2D eigenvalue weighted by Crippen LogP contribution is 2.22. The van der Waals surface area contributed by atoms with Gasteiger partial charge in [0, 0.05) is 24.6 Å². The van der Waals surface area contributed by atoms with Crippen LogP contribution in [-0.4, -0.2) is 32.7 Å². The smallest absolute Gasteiger partial charge is 0.263 e. The second-order valence-electron chi connectivity index (χ2n) is 5.86. The molecule has 1 aromatic rings. The minimum atomic E-state index is -3.46. The molecule has 0 saturated heterocycles. The second kappa shape index (κ2) is 7.59. The Kier molecular flexibility index (Phi) is 5.76. The maximum absolute atomic E-state index is 11.9. The lowest BCUT2D eigenvalue weighted by atomic mass is 10.2. The first kappa shape index (κ1) is 17.5. The van der Waals surface area contributed by atoms with Gasteiger partial charge in [-0.15, -0.1) is 0 Å². The summed E-state index contributed by atoms with van der Waals surface area (Å²) in [7, 11) is -3.46. The van der Waals surface area contributed by atoms with E-state index in [4.69, 9.17) is 0 Å². The van der Waals surface area contributed by atoms with Gasteiger partial charge in [-0.2, -0.15) is 0 Å². The first-order valence-corrected chi connectivity index (χ1v) is 9.34. The Bertz CT molecular complexity index is 696. The molecule has 1 aliphatic heterocycles. The van der Waals surface area contributed by atoms with Gasteiger partial charge in [-0.1, -0.05) is 18.6 Å². The van der Waals surface area contributed by atoms with E-state index in [1.807, 2.05) is 13.8 Å². The minimum absolute atomic E-state index is 0.0730. The van der Waals surface area contributed by atoms with E-state index in [0.29, 0.717) is 24.4 Å². The SMILES string of the molecule is CC(C)NC(=O)CCCCCN=C1NS(=O)(=O)c2ccccc21. The number of benzene rings is 1.